The van der Waals surface area contributed by atoms with Crippen LogP contribution in [0.15, 0.2) is 4.90 Å². The molecule has 0 saturated carbocycles. The molecule has 1 aliphatic rings. The van der Waals surface area contributed by atoms with Gasteiger partial charge in [-0.1, -0.05) is 20.8 Å². The zero-order valence-electron chi connectivity index (χ0n) is 12.6. The molecule has 20 heavy (non-hydrogen) atoms. The van der Waals surface area contributed by atoms with Crippen molar-refractivity contribution in [2.45, 2.75) is 45.1 Å². The van der Waals surface area contributed by atoms with Crippen LogP contribution >= 0.6 is 0 Å². The molecule has 2 rings (SSSR count). The Morgan fingerprint density at radius 3 is 2.45 bits per heavy atom. The first kappa shape index (κ1) is 15.5. The molecule has 2 N–H and O–H groups in total. The molecular formula is C13H23N3O3S. The van der Waals surface area contributed by atoms with E-state index in [4.69, 9.17) is 0 Å². The van der Waals surface area contributed by atoms with E-state index in [1.807, 2.05) is 20.8 Å². The Balaban J connectivity index is 2.39. The van der Waals surface area contributed by atoms with Gasteiger partial charge in [-0.2, -0.15) is 9.40 Å². The largest absolute Gasteiger partial charge is 0.388 e. The van der Waals surface area contributed by atoms with Gasteiger partial charge in [-0.05, 0) is 19.8 Å². The summed E-state index contributed by atoms with van der Waals surface area (Å²) >= 11 is 0. The van der Waals surface area contributed by atoms with Gasteiger partial charge < -0.3 is 5.11 Å². The lowest BCUT2D eigenvalue weighted by molar-refractivity contribution is -0.0222. The van der Waals surface area contributed by atoms with Gasteiger partial charge in [-0.25, -0.2) is 8.42 Å². The lowest BCUT2D eigenvalue weighted by Gasteiger charge is -2.31. The summed E-state index contributed by atoms with van der Waals surface area (Å²) in [6.07, 6.45) is 0. The van der Waals surface area contributed by atoms with Gasteiger partial charge in [0.2, 0.25) is 10.0 Å². The molecule has 1 fully saturated rings. The molecule has 6 nitrogen and oxygen atoms in total. The number of rotatable bonds is 3. The van der Waals surface area contributed by atoms with E-state index < -0.39 is 15.6 Å². The van der Waals surface area contributed by atoms with Crippen molar-refractivity contribution in [1.82, 2.24) is 14.5 Å². The normalized spacial score (nSPS) is 28.4. The minimum absolute atomic E-state index is 0.00393. The number of sulfonamides is 1. The first-order valence-electron chi connectivity index (χ1n) is 6.84. The number of hydrogen-bond donors (Lipinski definition) is 2. The molecule has 0 spiro atoms. The number of aromatic nitrogens is 2. The summed E-state index contributed by atoms with van der Waals surface area (Å²) in [7, 11) is -3.61. The van der Waals surface area contributed by atoms with Gasteiger partial charge in [-0.15, -0.1) is 0 Å². The number of nitrogens with zero attached hydrogens (tertiary/aromatic N) is 2. The lowest BCUT2D eigenvalue weighted by Crippen LogP contribution is -2.43. The Labute approximate surface area is 120 Å². The van der Waals surface area contributed by atoms with E-state index >= 15 is 0 Å². The van der Waals surface area contributed by atoms with Crippen molar-refractivity contribution in [2.75, 3.05) is 13.1 Å². The number of H-pyrrole nitrogens is 1. The van der Waals surface area contributed by atoms with Crippen LogP contribution in [0.3, 0.4) is 0 Å². The van der Waals surface area contributed by atoms with Gasteiger partial charge in [0.25, 0.3) is 0 Å². The number of aryl methyl sites for hydroxylation is 2. The van der Waals surface area contributed by atoms with Crippen molar-refractivity contribution in [3.8, 4) is 0 Å². The summed E-state index contributed by atoms with van der Waals surface area (Å²) in [5, 5.41) is 17.3. The number of aromatic amines is 1. The predicted molar refractivity (Wildman–Crippen MR) is 75.8 cm³/mol. The van der Waals surface area contributed by atoms with Crippen LogP contribution in [-0.2, 0) is 10.0 Å². The van der Waals surface area contributed by atoms with Crippen molar-refractivity contribution in [3.05, 3.63) is 11.4 Å². The van der Waals surface area contributed by atoms with Gasteiger partial charge in [0.15, 0.2) is 0 Å². The van der Waals surface area contributed by atoms with E-state index in [0.29, 0.717) is 17.9 Å². The molecule has 1 aliphatic heterocycles. The molecule has 1 aromatic rings. The highest BCUT2D eigenvalue weighted by Crippen LogP contribution is 2.37. The Morgan fingerprint density at radius 1 is 1.45 bits per heavy atom. The second kappa shape index (κ2) is 4.82. The number of β-amino-alcohol motifs (C(OH)–C–C–N with tert-alkyl or cyclic N) is 1. The lowest BCUT2D eigenvalue weighted by atomic mass is 9.82. The van der Waals surface area contributed by atoms with Crippen LogP contribution in [0.4, 0.5) is 0 Å². The van der Waals surface area contributed by atoms with Crippen LogP contribution in [0.1, 0.15) is 32.2 Å². The van der Waals surface area contributed by atoms with Gasteiger partial charge >= 0.3 is 0 Å². The third-order valence-corrected chi connectivity index (χ3v) is 6.49. The van der Waals surface area contributed by atoms with E-state index in [2.05, 4.69) is 10.2 Å². The Morgan fingerprint density at radius 2 is 2.05 bits per heavy atom. The molecule has 0 amide bonds. The minimum atomic E-state index is -3.61. The van der Waals surface area contributed by atoms with E-state index in [0.717, 1.165) is 0 Å². The van der Waals surface area contributed by atoms with E-state index in [1.54, 1.807) is 13.8 Å². The Hall–Kier alpha value is -0.920. The monoisotopic (exact) mass is 301 g/mol. The van der Waals surface area contributed by atoms with Crippen LogP contribution in [0.5, 0.6) is 0 Å². The highest BCUT2D eigenvalue weighted by atomic mass is 32.2. The number of nitrogens with one attached hydrogen (secondary N) is 1. The van der Waals surface area contributed by atoms with Crippen LogP contribution in [0.2, 0.25) is 0 Å². The van der Waals surface area contributed by atoms with Crippen molar-refractivity contribution in [2.24, 2.45) is 11.8 Å². The fourth-order valence-corrected chi connectivity index (χ4v) is 4.86. The van der Waals surface area contributed by atoms with Crippen molar-refractivity contribution in [1.29, 1.82) is 0 Å². The molecule has 7 heteroatoms. The maximum absolute atomic E-state index is 12.7. The van der Waals surface area contributed by atoms with E-state index in [1.165, 1.54) is 4.31 Å². The Kier molecular flexibility index (Phi) is 3.73. The first-order chi connectivity index (χ1) is 9.10. The van der Waals surface area contributed by atoms with Crippen LogP contribution in [-0.4, -0.2) is 46.7 Å². The van der Waals surface area contributed by atoms with Gasteiger partial charge in [0.05, 0.1) is 17.0 Å². The molecule has 1 aromatic heterocycles. The fourth-order valence-electron chi connectivity index (χ4n) is 2.95. The second-order valence-electron chi connectivity index (χ2n) is 6.11. The highest BCUT2D eigenvalue weighted by molar-refractivity contribution is 7.89. The molecule has 2 heterocycles. The standard InChI is InChI=1S/C13H23N3O3S/c1-8(2)13(17)7-16(6-9(13)3)20(18,19)12-10(4)14-15-11(12)5/h8-9,17H,6-7H2,1-5H3,(H,14,15)/t9-,13-/m1/s1. The zero-order chi connectivity index (χ0) is 15.3. The Bertz CT molecular complexity index is 589. The summed E-state index contributed by atoms with van der Waals surface area (Å²) in [4.78, 5) is 0.234. The summed E-state index contributed by atoms with van der Waals surface area (Å²) in [5.41, 5.74) is 0.0313. The topological polar surface area (TPSA) is 86.3 Å². The molecule has 114 valence electrons. The molecule has 0 aliphatic carbocycles. The molecule has 0 aromatic carbocycles. The van der Waals surface area contributed by atoms with Gasteiger partial charge in [0.1, 0.15) is 4.90 Å². The van der Waals surface area contributed by atoms with Gasteiger partial charge in [-0.3, -0.25) is 5.10 Å². The first-order valence-corrected chi connectivity index (χ1v) is 8.28. The third kappa shape index (κ3) is 2.17. The van der Waals surface area contributed by atoms with E-state index in [-0.39, 0.29) is 23.3 Å². The summed E-state index contributed by atoms with van der Waals surface area (Å²) < 4.78 is 26.9. The van der Waals surface area contributed by atoms with Crippen molar-refractivity contribution >= 4 is 10.0 Å². The smallest absolute Gasteiger partial charge is 0.246 e. The van der Waals surface area contributed by atoms with Crippen LogP contribution in [0.25, 0.3) is 0 Å². The second-order valence-corrected chi connectivity index (χ2v) is 7.98. The van der Waals surface area contributed by atoms with Crippen LogP contribution < -0.4 is 0 Å². The molecule has 2 atom stereocenters. The fraction of sp³-hybridized carbons (Fsp3) is 0.769. The van der Waals surface area contributed by atoms with Crippen molar-refractivity contribution < 1.29 is 13.5 Å². The molecular weight excluding hydrogens is 278 g/mol. The SMILES string of the molecule is Cc1n[nH]c(C)c1S(=O)(=O)N1C[C@@H](C)[C@](O)(C(C)C)C1. The van der Waals surface area contributed by atoms with Gasteiger partial charge in [0, 0.05) is 19.0 Å². The summed E-state index contributed by atoms with van der Waals surface area (Å²) in [6.45, 7) is 9.57. The number of hydrogen-bond acceptors (Lipinski definition) is 4. The molecule has 0 radical (unpaired) electrons. The van der Waals surface area contributed by atoms with Crippen LogP contribution in [0, 0.1) is 25.7 Å². The number of aliphatic hydroxyl groups is 1. The zero-order valence-corrected chi connectivity index (χ0v) is 13.5. The molecule has 1 saturated heterocycles. The van der Waals surface area contributed by atoms with Crippen molar-refractivity contribution in [3.63, 3.8) is 0 Å². The average Bonchev–Trinajstić information content (AvgIpc) is 2.82. The summed E-state index contributed by atoms with van der Waals surface area (Å²) in [5.74, 6) is -0.0889. The van der Waals surface area contributed by atoms with E-state index in [9.17, 15) is 13.5 Å². The third-order valence-electron chi connectivity index (χ3n) is 4.42. The minimum Gasteiger partial charge on any atom is -0.388 e. The highest BCUT2D eigenvalue weighted by Gasteiger charge is 2.49. The predicted octanol–water partition coefficient (Wildman–Crippen LogP) is 1.05. The average molecular weight is 301 g/mol. The summed E-state index contributed by atoms with van der Waals surface area (Å²) in [6, 6.07) is 0. The maximum Gasteiger partial charge on any atom is 0.246 e. The quantitative estimate of drug-likeness (QED) is 0.874. The molecule has 0 bridgehead atoms. The molecule has 0 unspecified atom stereocenters. The maximum atomic E-state index is 12.7.